The number of hydrogen-bond donors (Lipinski definition) is 0. The maximum Gasteiger partial charge on any atom is 0.217 e. The van der Waals surface area contributed by atoms with Crippen molar-refractivity contribution in [2.45, 2.75) is 30.3 Å². The van der Waals surface area contributed by atoms with E-state index in [4.69, 9.17) is 4.74 Å². The Hall–Kier alpha value is -1.83. The van der Waals surface area contributed by atoms with Gasteiger partial charge < -0.3 is 4.74 Å². The highest BCUT2D eigenvalue weighted by molar-refractivity contribution is 7.90. The Bertz CT molecular complexity index is 904. The van der Waals surface area contributed by atoms with E-state index in [0.717, 1.165) is 29.7 Å². The minimum atomic E-state index is -3.13. The Kier molecular flexibility index (Phi) is 2.93. The molecule has 1 spiro atoms. The lowest BCUT2D eigenvalue weighted by molar-refractivity contribution is -0.112. The normalized spacial score (nSPS) is 22.3. The third kappa shape index (κ3) is 2.05. The largest absolute Gasteiger partial charge is 0.361 e. The molecule has 0 amide bonds. The van der Waals surface area contributed by atoms with E-state index in [2.05, 4.69) is 9.97 Å². The van der Waals surface area contributed by atoms with E-state index < -0.39 is 15.6 Å². The molecule has 3 heterocycles. The van der Waals surface area contributed by atoms with Crippen molar-refractivity contribution >= 4 is 10.0 Å². The highest BCUT2D eigenvalue weighted by Crippen LogP contribution is 2.46. The summed E-state index contributed by atoms with van der Waals surface area (Å²) in [5.41, 5.74) is 2.22. The Morgan fingerprint density at radius 2 is 1.92 bits per heavy atom. The third-order valence-corrected chi connectivity index (χ3v) is 7.34. The van der Waals surface area contributed by atoms with Crippen molar-refractivity contribution in [3.8, 4) is 11.4 Å². The molecule has 2 aliphatic heterocycles. The van der Waals surface area contributed by atoms with Gasteiger partial charge in [0.15, 0.2) is 5.82 Å². The molecule has 0 N–H and O–H groups in total. The van der Waals surface area contributed by atoms with E-state index in [-0.39, 0.29) is 5.25 Å². The van der Waals surface area contributed by atoms with Crippen molar-refractivity contribution in [3.63, 3.8) is 0 Å². The Balaban J connectivity index is 1.42. The van der Waals surface area contributed by atoms with Gasteiger partial charge in [-0.2, -0.15) is 4.31 Å². The van der Waals surface area contributed by atoms with Crippen molar-refractivity contribution in [1.82, 2.24) is 14.3 Å². The lowest BCUT2D eigenvalue weighted by Crippen LogP contribution is -2.61. The predicted molar refractivity (Wildman–Crippen MR) is 87.4 cm³/mol. The average Bonchev–Trinajstić information content (AvgIpc) is 3.35. The monoisotopic (exact) mass is 343 g/mol. The highest BCUT2D eigenvalue weighted by atomic mass is 32.2. The zero-order valence-electron chi connectivity index (χ0n) is 13.1. The number of benzene rings is 1. The molecule has 1 saturated carbocycles. The van der Waals surface area contributed by atoms with Crippen molar-refractivity contribution in [3.05, 3.63) is 47.8 Å². The molecule has 1 aliphatic carbocycles. The van der Waals surface area contributed by atoms with E-state index >= 15 is 0 Å². The SMILES string of the molecule is O=S(=O)(C1CC1)N1CC2(C1)OCc1nc(-c3ccccc3)ncc12. The highest BCUT2D eigenvalue weighted by Gasteiger charge is 2.57. The van der Waals surface area contributed by atoms with Gasteiger partial charge in [-0.05, 0) is 12.8 Å². The molecule has 1 aromatic heterocycles. The summed E-state index contributed by atoms with van der Waals surface area (Å²) < 4.78 is 32.1. The van der Waals surface area contributed by atoms with Gasteiger partial charge in [-0.15, -0.1) is 0 Å². The van der Waals surface area contributed by atoms with Crippen LogP contribution in [0.3, 0.4) is 0 Å². The zero-order valence-corrected chi connectivity index (χ0v) is 13.9. The van der Waals surface area contributed by atoms with Gasteiger partial charge in [0, 0.05) is 30.4 Å². The maximum absolute atomic E-state index is 12.3. The van der Waals surface area contributed by atoms with E-state index in [1.807, 2.05) is 30.3 Å². The first-order chi connectivity index (χ1) is 11.6. The molecule has 1 saturated heterocycles. The summed E-state index contributed by atoms with van der Waals surface area (Å²) in [7, 11) is -3.13. The molecule has 2 aromatic rings. The molecule has 0 unspecified atom stereocenters. The minimum absolute atomic E-state index is 0.174. The van der Waals surface area contributed by atoms with E-state index in [1.165, 1.54) is 0 Å². The van der Waals surface area contributed by atoms with Crippen LogP contribution in [-0.2, 0) is 27.0 Å². The summed E-state index contributed by atoms with van der Waals surface area (Å²) in [5, 5.41) is -0.174. The molecule has 124 valence electrons. The Morgan fingerprint density at radius 3 is 2.62 bits per heavy atom. The molecule has 0 atom stereocenters. The zero-order chi connectivity index (χ0) is 16.4. The van der Waals surface area contributed by atoms with Gasteiger partial charge in [0.1, 0.15) is 5.60 Å². The van der Waals surface area contributed by atoms with Gasteiger partial charge in [0.2, 0.25) is 10.0 Å². The summed E-state index contributed by atoms with van der Waals surface area (Å²) in [6, 6.07) is 9.81. The molecular formula is C17H17N3O3S. The number of sulfonamides is 1. The van der Waals surface area contributed by atoms with Gasteiger partial charge in [-0.25, -0.2) is 18.4 Å². The standard InChI is InChI=1S/C17H17N3O3S/c21-24(22,13-6-7-13)20-10-17(11-20)14-8-18-16(19-15(14)9-23-17)12-4-2-1-3-5-12/h1-5,8,13H,6-7,9-11H2. The van der Waals surface area contributed by atoms with Crippen molar-refractivity contribution in [2.75, 3.05) is 13.1 Å². The van der Waals surface area contributed by atoms with E-state index in [0.29, 0.717) is 25.5 Å². The number of fused-ring (bicyclic) bond motifs is 2. The first-order valence-corrected chi connectivity index (χ1v) is 9.64. The van der Waals surface area contributed by atoms with E-state index in [1.54, 1.807) is 10.5 Å². The lowest BCUT2D eigenvalue weighted by Gasteiger charge is -2.46. The predicted octanol–water partition coefficient (Wildman–Crippen LogP) is 1.68. The molecule has 6 nitrogen and oxygen atoms in total. The van der Waals surface area contributed by atoms with Gasteiger partial charge in [0.25, 0.3) is 0 Å². The first kappa shape index (κ1) is 14.5. The van der Waals surface area contributed by atoms with Crippen LogP contribution in [0.15, 0.2) is 36.5 Å². The van der Waals surface area contributed by atoms with Crippen molar-refractivity contribution < 1.29 is 13.2 Å². The molecule has 3 aliphatic rings. The van der Waals surface area contributed by atoms with Crippen LogP contribution in [0, 0.1) is 0 Å². The minimum Gasteiger partial charge on any atom is -0.361 e. The number of aromatic nitrogens is 2. The Morgan fingerprint density at radius 1 is 1.17 bits per heavy atom. The van der Waals surface area contributed by atoms with Gasteiger partial charge >= 0.3 is 0 Å². The van der Waals surface area contributed by atoms with Crippen LogP contribution in [-0.4, -0.2) is 41.0 Å². The number of rotatable bonds is 3. The average molecular weight is 343 g/mol. The molecule has 24 heavy (non-hydrogen) atoms. The Labute approximate surface area is 140 Å². The summed E-state index contributed by atoms with van der Waals surface area (Å²) >= 11 is 0. The molecule has 5 rings (SSSR count). The van der Waals surface area contributed by atoms with Crippen molar-refractivity contribution in [2.24, 2.45) is 0 Å². The molecule has 1 aromatic carbocycles. The van der Waals surface area contributed by atoms with Crippen LogP contribution in [0.4, 0.5) is 0 Å². The second-order valence-electron chi connectivity index (χ2n) is 6.72. The van der Waals surface area contributed by atoms with Crippen LogP contribution >= 0.6 is 0 Å². The fourth-order valence-electron chi connectivity index (χ4n) is 3.46. The molecule has 2 fully saturated rings. The van der Waals surface area contributed by atoms with Gasteiger partial charge in [-0.3, -0.25) is 0 Å². The fourth-order valence-corrected chi connectivity index (χ4v) is 5.39. The van der Waals surface area contributed by atoms with Gasteiger partial charge in [-0.1, -0.05) is 30.3 Å². The third-order valence-electron chi connectivity index (χ3n) is 5.04. The second kappa shape index (κ2) is 4.84. The molecule has 7 heteroatoms. The summed E-state index contributed by atoms with van der Waals surface area (Å²) in [4.78, 5) is 9.10. The summed E-state index contributed by atoms with van der Waals surface area (Å²) in [5.74, 6) is 0.678. The molecular weight excluding hydrogens is 326 g/mol. The fraction of sp³-hybridized carbons (Fsp3) is 0.412. The number of ether oxygens (including phenoxy) is 1. The number of nitrogens with zero attached hydrogens (tertiary/aromatic N) is 3. The summed E-state index contributed by atoms with van der Waals surface area (Å²) in [6.07, 6.45) is 3.37. The first-order valence-electron chi connectivity index (χ1n) is 8.13. The lowest BCUT2D eigenvalue weighted by atomic mass is 9.90. The number of hydrogen-bond acceptors (Lipinski definition) is 5. The van der Waals surface area contributed by atoms with E-state index in [9.17, 15) is 8.42 Å². The van der Waals surface area contributed by atoms with Crippen LogP contribution in [0.5, 0.6) is 0 Å². The topological polar surface area (TPSA) is 72.4 Å². The summed E-state index contributed by atoms with van der Waals surface area (Å²) in [6.45, 7) is 1.18. The van der Waals surface area contributed by atoms with Crippen LogP contribution < -0.4 is 0 Å². The van der Waals surface area contributed by atoms with Crippen LogP contribution in [0.1, 0.15) is 24.1 Å². The van der Waals surface area contributed by atoms with Crippen molar-refractivity contribution in [1.29, 1.82) is 0 Å². The second-order valence-corrected chi connectivity index (χ2v) is 8.93. The molecule has 0 radical (unpaired) electrons. The van der Waals surface area contributed by atoms with Crippen LogP contribution in [0.2, 0.25) is 0 Å². The smallest absolute Gasteiger partial charge is 0.217 e. The van der Waals surface area contributed by atoms with Gasteiger partial charge in [0.05, 0.1) is 17.6 Å². The van der Waals surface area contributed by atoms with Crippen LogP contribution in [0.25, 0.3) is 11.4 Å². The quantitative estimate of drug-likeness (QED) is 0.848. The molecule has 0 bridgehead atoms. The maximum atomic E-state index is 12.3.